The van der Waals surface area contributed by atoms with E-state index in [2.05, 4.69) is 10.4 Å². The fourth-order valence-electron chi connectivity index (χ4n) is 1.89. The molecule has 0 aliphatic carbocycles. The Labute approximate surface area is 107 Å². The lowest BCUT2D eigenvalue weighted by Crippen LogP contribution is -2.28. The first-order valence-corrected chi connectivity index (χ1v) is 6.26. The monoisotopic (exact) mass is 257 g/mol. The third kappa shape index (κ3) is 3.82. The van der Waals surface area contributed by atoms with Crippen molar-refractivity contribution in [1.82, 2.24) is 15.1 Å². The molecule has 1 aromatic rings. The summed E-state index contributed by atoms with van der Waals surface area (Å²) in [6, 6.07) is 0.209. The van der Waals surface area contributed by atoms with Crippen LogP contribution in [0.3, 0.4) is 0 Å². The average molecular weight is 258 g/mol. The van der Waals surface area contributed by atoms with Crippen molar-refractivity contribution in [3.05, 3.63) is 16.4 Å². The first kappa shape index (κ1) is 14.2. The molecule has 5 heteroatoms. The molecule has 0 spiro atoms. The van der Waals surface area contributed by atoms with Crippen LogP contribution in [0.5, 0.6) is 0 Å². The summed E-state index contributed by atoms with van der Waals surface area (Å²) < 4.78 is 1.69. The molecule has 0 saturated carbocycles. The number of hydrogen-bond donors (Lipinski definition) is 1. The topological polar surface area (TPSA) is 46.9 Å². The van der Waals surface area contributed by atoms with Crippen LogP contribution in [0.25, 0.3) is 0 Å². The van der Waals surface area contributed by atoms with Crippen LogP contribution in [0, 0.1) is 6.92 Å². The number of nitrogens with one attached hydrogen (secondary N) is 1. The van der Waals surface area contributed by atoms with E-state index in [0.717, 1.165) is 17.9 Å². The van der Waals surface area contributed by atoms with Gasteiger partial charge in [0.05, 0.1) is 16.4 Å². The molecule has 17 heavy (non-hydrogen) atoms. The smallest absolute Gasteiger partial charge is 0.140 e. The Morgan fingerprint density at radius 2 is 2.24 bits per heavy atom. The van der Waals surface area contributed by atoms with Gasteiger partial charge in [0.1, 0.15) is 5.78 Å². The van der Waals surface area contributed by atoms with Gasteiger partial charge in [0, 0.05) is 25.9 Å². The first-order valence-electron chi connectivity index (χ1n) is 5.88. The van der Waals surface area contributed by atoms with Crippen molar-refractivity contribution in [3.8, 4) is 0 Å². The number of halogens is 1. The van der Waals surface area contributed by atoms with Gasteiger partial charge in [-0.1, -0.05) is 18.5 Å². The third-order valence-electron chi connectivity index (χ3n) is 2.71. The number of hydrogen-bond acceptors (Lipinski definition) is 3. The van der Waals surface area contributed by atoms with E-state index in [9.17, 15) is 4.79 Å². The summed E-state index contributed by atoms with van der Waals surface area (Å²) in [7, 11) is 1.81. The molecule has 1 unspecified atom stereocenters. The van der Waals surface area contributed by atoms with Gasteiger partial charge < -0.3 is 5.32 Å². The maximum atomic E-state index is 11.9. The molecule has 0 saturated heterocycles. The van der Waals surface area contributed by atoms with Crippen LogP contribution in [0.15, 0.2) is 0 Å². The van der Waals surface area contributed by atoms with Crippen molar-refractivity contribution in [2.24, 2.45) is 7.05 Å². The van der Waals surface area contributed by atoms with E-state index in [4.69, 9.17) is 11.6 Å². The molecule has 96 valence electrons. The summed E-state index contributed by atoms with van der Waals surface area (Å²) in [5, 5.41) is 8.02. The SMILES string of the molecule is CCNC(C)CC(=O)Cc1c(Cl)c(C)nn1C. The molecular formula is C12H20ClN3O. The van der Waals surface area contributed by atoms with Crippen LogP contribution in [0.4, 0.5) is 0 Å². The minimum Gasteiger partial charge on any atom is -0.314 e. The van der Waals surface area contributed by atoms with Crippen LogP contribution in [-0.2, 0) is 18.3 Å². The zero-order chi connectivity index (χ0) is 13.0. The zero-order valence-corrected chi connectivity index (χ0v) is 11.6. The molecule has 1 atom stereocenters. The molecule has 0 aromatic carbocycles. The van der Waals surface area contributed by atoms with Crippen LogP contribution in [0.2, 0.25) is 5.02 Å². The lowest BCUT2D eigenvalue weighted by atomic mass is 10.1. The van der Waals surface area contributed by atoms with Crippen molar-refractivity contribution in [3.63, 3.8) is 0 Å². The fraction of sp³-hybridized carbons (Fsp3) is 0.667. The van der Waals surface area contributed by atoms with Gasteiger partial charge in [-0.25, -0.2) is 0 Å². The predicted octanol–water partition coefficient (Wildman–Crippen LogP) is 1.88. The standard InChI is InChI=1S/C12H20ClN3O/c1-5-14-8(2)6-10(17)7-11-12(13)9(3)15-16(11)4/h8,14H,5-7H2,1-4H3. The van der Waals surface area contributed by atoms with Crippen LogP contribution in [0.1, 0.15) is 31.7 Å². The minimum absolute atomic E-state index is 0.184. The Balaban J connectivity index is 2.62. The van der Waals surface area contributed by atoms with E-state index < -0.39 is 0 Å². The lowest BCUT2D eigenvalue weighted by molar-refractivity contribution is -0.118. The highest BCUT2D eigenvalue weighted by Crippen LogP contribution is 2.20. The summed E-state index contributed by atoms with van der Waals surface area (Å²) in [6.07, 6.45) is 0.875. The summed E-state index contributed by atoms with van der Waals surface area (Å²) in [6.45, 7) is 6.76. The molecule has 0 bridgehead atoms. The molecule has 0 amide bonds. The Morgan fingerprint density at radius 1 is 1.59 bits per heavy atom. The molecule has 0 aliphatic rings. The minimum atomic E-state index is 0.184. The Bertz CT molecular complexity index is 401. The normalized spacial score (nSPS) is 12.8. The molecule has 1 rings (SSSR count). The van der Waals surface area contributed by atoms with Gasteiger partial charge >= 0.3 is 0 Å². The molecular weight excluding hydrogens is 238 g/mol. The van der Waals surface area contributed by atoms with Crippen molar-refractivity contribution in [1.29, 1.82) is 0 Å². The molecule has 0 fully saturated rings. The second-order valence-electron chi connectivity index (χ2n) is 4.35. The highest BCUT2D eigenvalue weighted by molar-refractivity contribution is 6.32. The predicted molar refractivity (Wildman–Crippen MR) is 69.4 cm³/mol. The van der Waals surface area contributed by atoms with E-state index in [1.807, 2.05) is 27.8 Å². The molecule has 0 aliphatic heterocycles. The number of Topliss-reactive ketones (excluding diaryl/α,β-unsaturated/α-hetero) is 1. The Kier molecular flexibility index (Phi) is 5.15. The summed E-state index contributed by atoms with van der Waals surface area (Å²) in [5.41, 5.74) is 1.58. The van der Waals surface area contributed by atoms with Gasteiger partial charge in [0.15, 0.2) is 0 Å². The van der Waals surface area contributed by atoms with Crippen LogP contribution < -0.4 is 5.32 Å². The van der Waals surface area contributed by atoms with Gasteiger partial charge in [-0.3, -0.25) is 9.48 Å². The van der Waals surface area contributed by atoms with E-state index in [0.29, 0.717) is 17.9 Å². The maximum Gasteiger partial charge on any atom is 0.140 e. The number of carbonyl (C=O) groups excluding carboxylic acids is 1. The molecule has 1 heterocycles. The molecule has 0 radical (unpaired) electrons. The summed E-state index contributed by atoms with van der Waals surface area (Å²) >= 11 is 6.10. The first-order chi connectivity index (χ1) is 7.95. The van der Waals surface area contributed by atoms with Gasteiger partial charge in [0.2, 0.25) is 0 Å². The van der Waals surface area contributed by atoms with Gasteiger partial charge in [-0.05, 0) is 20.4 Å². The maximum absolute atomic E-state index is 11.9. The van der Waals surface area contributed by atoms with Crippen molar-refractivity contribution in [2.45, 2.75) is 39.7 Å². The highest BCUT2D eigenvalue weighted by atomic mass is 35.5. The summed E-state index contributed by atoms with van der Waals surface area (Å²) in [4.78, 5) is 11.9. The van der Waals surface area contributed by atoms with E-state index in [1.54, 1.807) is 4.68 Å². The number of aryl methyl sites for hydroxylation is 2. The third-order valence-corrected chi connectivity index (χ3v) is 3.20. The number of carbonyl (C=O) groups is 1. The van der Waals surface area contributed by atoms with Gasteiger partial charge in [-0.15, -0.1) is 0 Å². The number of aromatic nitrogens is 2. The highest BCUT2D eigenvalue weighted by Gasteiger charge is 2.16. The number of rotatable bonds is 6. The van der Waals surface area contributed by atoms with Crippen molar-refractivity contribution in [2.75, 3.05) is 6.54 Å². The van der Waals surface area contributed by atoms with Crippen molar-refractivity contribution < 1.29 is 4.79 Å². The fourth-order valence-corrected chi connectivity index (χ4v) is 2.12. The second kappa shape index (κ2) is 6.17. The molecule has 4 nitrogen and oxygen atoms in total. The lowest BCUT2D eigenvalue weighted by Gasteiger charge is -2.11. The number of nitrogens with zero attached hydrogens (tertiary/aromatic N) is 2. The zero-order valence-electron chi connectivity index (χ0n) is 10.9. The second-order valence-corrected chi connectivity index (χ2v) is 4.73. The van der Waals surface area contributed by atoms with Crippen LogP contribution >= 0.6 is 11.6 Å². The van der Waals surface area contributed by atoms with E-state index in [-0.39, 0.29) is 11.8 Å². The largest absolute Gasteiger partial charge is 0.314 e. The summed E-state index contributed by atoms with van der Waals surface area (Å²) in [5.74, 6) is 0.184. The number of ketones is 1. The molecule has 1 aromatic heterocycles. The molecule has 1 N–H and O–H groups in total. The average Bonchev–Trinajstić information content (AvgIpc) is 2.45. The van der Waals surface area contributed by atoms with Gasteiger partial charge in [0.25, 0.3) is 0 Å². The van der Waals surface area contributed by atoms with Crippen molar-refractivity contribution >= 4 is 17.4 Å². The quantitative estimate of drug-likeness (QED) is 0.847. The van der Waals surface area contributed by atoms with Gasteiger partial charge in [-0.2, -0.15) is 5.10 Å². The van der Waals surface area contributed by atoms with E-state index >= 15 is 0 Å². The van der Waals surface area contributed by atoms with Crippen LogP contribution in [-0.4, -0.2) is 28.2 Å². The Hall–Kier alpha value is -0.870. The Morgan fingerprint density at radius 3 is 2.71 bits per heavy atom. The van der Waals surface area contributed by atoms with E-state index in [1.165, 1.54) is 0 Å².